The van der Waals surface area contributed by atoms with Crippen LogP contribution in [0, 0.1) is 0 Å². The number of piperidine rings is 1. The molecule has 1 aromatic rings. The van der Waals surface area contributed by atoms with Crippen LogP contribution in [0.5, 0.6) is 0 Å². The van der Waals surface area contributed by atoms with Crippen LogP contribution in [-0.2, 0) is 16.1 Å². The van der Waals surface area contributed by atoms with Crippen LogP contribution in [0.3, 0.4) is 0 Å². The Labute approximate surface area is 109 Å². The van der Waals surface area contributed by atoms with Gasteiger partial charge in [-0.3, -0.25) is 19.7 Å². The molecule has 6 nitrogen and oxygen atoms in total. The van der Waals surface area contributed by atoms with Crippen molar-refractivity contribution >= 4 is 23.4 Å². The summed E-state index contributed by atoms with van der Waals surface area (Å²) >= 11 is 0. The number of hydrogen-bond acceptors (Lipinski definition) is 4. The molecule has 2 aliphatic rings. The van der Waals surface area contributed by atoms with E-state index in [0.717, 1.165) is 5.56 Å². The Morgan fingerprint density at radius 1 is 1.26 bits per heavy atom. The molecule has 0 bridgehead atoms. The maximum absolute atomic E-state index is 12.3. The summed E-state index contributed by atoms with van der Waals surface area (Å²) in [4.78, 5) is 36.7. The maximum atomic E-state index is 12.3. The predicted molar refractivity (Wildman–Crippen MR) is 66.9 cm³/mol. The lowest BCUT2D eigenvalue weighted by molar-refractivity contribution is -0.136. The molecule has 98 valence electrons. The molecule has 3 rings (SSSR count). The summed E-state index contributed by atoms with van der Waals surface area (Å²) in [7, 11) is 0. The van der Waals surface area contributed by atoms with Crippen LogP contribution in [-0.4, -0.2) is 28.7 Å². The minimum absolute atomic E-state index is 0.197. The normalized spacial score (nSPS) is 22.4. The Kier molecular flexibility index (Phi) is 2.51. The third kappa shape index (κ3) is 1.76. The van der Waals surface area contributed by atoms with Gasteiger partial charge in [0.15, 0.2) is 0 Å². The second-order valence-electron chi connectivity index (χ2n) is 4.77. The van der Waals surface area contributed by atoms with Crippen molar-refractivity contribution in [2.75, 3.05) is 5.73 Å². The molecule has 1 saturated heterocycles. The second-order valence-corrected chi connectivity index (χ2v) is 4.77. The van der Waals surface area contributed by atoms with E-state index in [9.17, 15) is 14.4 Å². The Balaban J connectivity index is 1.90. The van der Waals surface area contributed by atoms with Gasteiger partial charge in [0.1, 0.15) is 6.04 Å². The number of benzene rings is 1. The highest BCUT2D eigenvalue weighted by Gasteiger charge is 2.39. The number of anilines is 1. The molecule has 19 heavy (non-hydrogen) atoms. The molecular formula is C13H13N3O3. The number of carbonyl (C=O) groups is 3. The average molecular weight is 262 g/mol. The largest absolute Gasteiger partial charge is 0.398 e. The van der Waals surface area contributed by atoms with Crippen LogP contribution >= 0.6 is 0 Å². The van der Waals surface area contributed by atoms with Gasteiger partial charge in [0.05, 0.1) is 0 Å². The third-order valence-corrected chi connectivity index (χ3v) is 3.62. The molecule has 2 aliphatic heterocycles. The quantitative estimate of drug-likeness (QED) is 0.424. The van der Waals surface area contributed by atoms with Crippen LogP contribution in [0.25, 0.3) is 0 Å². The minimum atomic E-state index is -0.586. The molecule has 6 heteroatoms. The van der Waals surface area contributed by atoms with Gasteiger partial charge in [0.2, 0.25) is 11.8 Å². The monoisotopic (exact) mass is 262 g/mol. The first-order chi connectivity index (χ1) is 9.08. The fourth-order valence-electron chi connectivity index (χ4n) is 2.61. The van der Waals surface area contributed by atoms with Gasteiger partial charge in [-0.2, -0.15) is 0 Å². The van der Waals surface area contributed by atoms with Gasteiger partial charge in [-0.1, -0.05) is 6.07 Å². The molecule has 2 heterocycles. The highest BCUT2D eigenvalue weighted by atomic mass is 16.2. The lowest BCUT2D eigenvalue weighted by Gasteiger charge is -2.29. The second kappa shape index (κ2) is 4.08. The molecule has 0 aliphatic carbocycles. The average Bonchev–Trinajstić information content (AvgIpc) is 2.69. The van der Waals surface area contributed by atoms with Gasteiger partial charge >= 0.3 is 0 Å². The zero-order valence-corrected chi connectivity index (χ0v) is 10.2. The molecule has 0 radical (unpaired) electrons. The van der Waals surface area contributed by atoms with Crippen LogP contribution in [0.4, 0.5) is 5.69 Å². The number of imide groups is 1. The van der Waals surface area contributed by atoms with Crippen molar-refractivity contribution in [3.05, 3.63) is 29.3 Å². The number of nitrogens with two attached hydrogens (primary N) is 1. The van der Waals surface area contributed by atoms with Crippen molar-refractivity contribution in [2.24, 2.45) is 0 Å². The predicted octanol–water partition coefficient (Wildman–Crippen LogP) is 0.0298. The number of carbonyl (C=O) groups excluding carboxylic acids is 3. The number of hydrogen-bond donors (Lipinski definition) is 2. The topological polar surface area (TPSA) is 92.5 Å². The van der Waals surface area contributed by atoms with Crippen molar-refractivity contribution in [3.8, 4) is 0 Å². The fraction of sp³-hybridized carbons (Fsp3) is 0.308. The third-order valence-electron chi connectivity index (χ3n) is 3.62. The first-order valence-corrected chi connectivity index (χ1v) is 6.10. The van der Waals surface area contributed by atoms with Crippen LogP contribution in [0.15, 0.2) is 18.2 Å². The van der Waals surface area contributed by atoms with Crippen molar-refractivity contribution in [1.29, 1.82) is 0 Å². The summed E-state index contributed by atoms with van der Waals surface area (Å²) in [6, 6.07) is 4.58. The minimum Gasteiger partial charge on any atom is -0.398 e. The molecular weight excluding hydrogens is 249 g/mol. The van der Waals surface area contributed by atoms with Gasteiger partial charge in [0, 0.05) is 29.8 Å². The fourth-order valence-corrected chi connectivity index (χ4v) is 2.61. The molecule has 0 saturated carbocycles. The standard InChI is InChI=1S/C13H13N3O3/c14-9-3-1-2-7-8(9)6-16(13(7)19)10-4-5-11(17)15-12(10)18/h1-3,10H,4-6,14H2,(H,15,17,18)/i4+1,5+1,11+1. The van der Waals surface area contributed by atoms with E-state index >= 15 is 0 Å². The summed E-state index contributed by atoms with van der Waals surface area (Å²) in [6.07, 6.45) is 0.621. The number of nitrogen functional groups attached to an aromatic ring is 1. The van der Waals surface area contributed by atoms with Gasteiger partial charge < -0.3 is 10.6 Å². The van der Waals surface area contributed by atoms with E-state index in [2.05, 4.69) is 5.32 Å². The summed E-state index contributed by atoms with van der Waals surface area (Å²) in [5.74, 6) is -0.891. The first-order valence-electron chi connectivity index (χ1n) is 6.10. The van der Waals surface area contributed by atoms with E-state index in [1.807, 2.05) is 0 Å². The Morgan fingerprint density at radius 2 is 2.05 bits per heavy atom. The molecule has 1 unspecified atom stereocenters. The van der Waals surface area contributed by atoms with E-state index < -0.39 is 11.9 Å². The van der Waals surface area contributed by atoms with Crippen molar-refractivity contribution < 1.29 is 14.4 Å². The summed E-state index contributed by atoms with van der Waals surface area (Å²) in [5, 5.41) is 2.27. The van der Waals surface area contributed by atoms with E-state index in [-0.39, 0.29) is 18.2 Å². The number of rotatable bonds is 1. The van der Waals surface area contributed by atoms with Crippen LogP contribution in [0.2, 0.25) is 0 Å². The summed E-state index contributed by atoms with van der Waals surface area (Å²) in [6.45, 7) is 0.327. The van der Waals surface area contributed by atoms with Crippen molar-refractivity contribution in [1.82, 2.24) is 10.2 Å². The van der Waals surface area contributed by atoms with Crippen LogP contribution < -0.4 is 11.1 Å². The summed E-state index contributed by atoms with van der Waals surface area (Å²) < 4.78 is 0. The van der Waals surface area contributed by atoms with Gasteiger partial charge in [-0.05, 0) is 18.6 Å². The SMILES string of the molecule is Nc1cccc2c1CN(C1[13CH2][13CH2][13C](=O)NC1=O)C2=O. The molecule has 0 spiro atoms. The maximum Gasteiger partial charge on any atom is 0.255 e. The number of amides is 3. The highest BCUT2D eigenvalue weighted by molar-refractivity contribution is 6.06. The van der Waals surface area contributed by atoms with E-state index in [1.165, 1.54) is 4.90 Å². The number of fused-ring (bicyclic) bond motifs is 1. The van der Waals surface area contributed by atoms with Gasteiger partial charge in [0.25, 0.3) is 5.91 Å². The zero-order chi connectivity index (χ0) is 13.6. The Bertz CT molecular complexity index is 597. The molecule has 3 N–H and O–H groups in total. The molecule has 1 atom stereocenters. The lowest BCUT2D eigenvalue weighted by Crippen LogP contribution is -2.52. The molecule has 1 fully saturated rings. The van der Waals surface area contributed by atoms with Gasteiger partial charge in [-0.15, -0.1) is 0 Å². The zero-order valence-electron chi connectivity index (χ0n) is 10.2. The smallest absolute Gasteiger partial charge is 0.255 e. The Hall–Kier alpha value is -2.37. The van der Waals surface area contributed by atoms with Crippen molar-refractivity contribution in [3.63, 3.8) is 0 Å². The number of nitrogens with one attached hydrogen (secondary N) is 1. The molecule has 3 amide bonds. The molecule has 0 aromatic heterocycles. The lowest BCUT2D eigenvalue weighted by atomic mass is 10.1. The first kappa shape index (κ1) is 11.7. The van der Waals surface area contributed by atoms with E-state index in [4.69, 9.17) is 5.73 Å². The number of nitrogens with zero attached hydrogens (tertiary/aromatic N) is 1. The van der Waals surface area contributed by atoms with Crippen LogP contribution in [0.1, 0.15) is 28.8 Å². The Morgan fingerprint density at radius 3 is 2.74 bits per heavy atom. The van der Waals surface area contributed by atoms with Crippen molar-refractivity contribution in [2.45, 2.75) is 25.4 Å². The van der Waals surface area contributed by atoms with E-state index in [0.29, 0.717) is 24.2 Å². The molecule has 1 aromatic carbocycles. The highest BCUT2D eigenvalue weighted by Crippen LogP contribution is 2.30. The summed E-state index contributed by atoms with van der Waals surface area (Å²) in [5.41, 5.74) is 7.71. The van der Waals surface area contributed by atoms with E-state index in [1.54, 1.807) is 18.2 Å². The van der Waals surface area contributed by atoms with Gasteiger partial charge in [-0.25, -0.2) is 0 Å².